The molecule has 0 aromatic heterocycles. The predicted molar refractivity (Wildman–Crippen MR) is 103 cm³/mol. The maximum atomic E-state index is 12.2. The third-order valence-electron chi connectivity index (χ3n) is 4.11. The number of sulfone groups is 1. The van der Waals surface area contributed by atoms with Crippen molar-refractivity contribution in [2.75, 3.05) is 19.4 Å². The van der Waals surface area contributed by atoms with Gasteiger partial charge in [0.15, 0.2) is 9.84 Å². The van der Waals surface area contributed by atoms with Crippen molar-refractivity contribution < 1.29 is 23.1 Å². The number of amides is 1. The molecule has 0 aliphatic heterocycles. The zero-order chi connectivity index (χ0) is 19.9. The van der Waals surface area contributed by atoms with Gasteiger partial charge in [-0.2, -0.15) is 0 Å². The molecule has 6 nitrogen and oxygen atoms in total. The zero-order valence-electron chi connectivity index (χ0n) is 15.5. The highest BCUT2D eigenvalue weighted by Gasteiger charge is 2.23. The number of rotatable bonds is 9. The van der Waals surface area contributed by atoms with E-state index in [1.54, 1.807) is 44.4 Å². The van der Waals surface area contributed by atoms with Gasteiger partial charge in [-0.05, 0) is 36.8 Å². The van der Waals surface area contributed by atoms with E-state index >= 15 is 0 Å². The summed E-state index contributed by atoms with van der Waals surface area (Å²) in [6.07, 6.45) is 0.190. The first-order valence-corrected chi connectivity index (χ1v) is 10.3. The first-order valence-electron chi connectivity index (χ1n) is 8.62. The van der Waals surface area contributed by atoms with E-state index in [1.165, 1.54) is 12.1 Å². The molecular formula is C20H25NO5S. The Balaban J connectivity index is 1.83. The molecule has 0 heterocycles. The summed E-state index contributed by atoms with van der Waals surface area (Å²) in [5.41, 5.74) is -0.246. The molecule has 2 aromatic carbocycles. The van der Waals surface area contributed by atoms with E-state index in [0.29, 0.717) is 6.42 Å². The van der Waals surface area contributed by atoms with Gasteiger partial charge in [0.25, 0.3) is 0 Å². The number of carbonyl (C=O) groups is 1. The molecule has 0 saturated heterocycles. The average Bonchev–Trinajstić information content (AvgIpc) is 2.66. The molecule has 0 unspecified atom stereocenters. The Bertz CT molecular complexity index is 846. The van der Waals surface area contributed by atoms with Crippen molar-refractivity contribution >= 4 is 15.7 Å². The van der Waals surface area contributed by atoms with Gasteiger partial charge >= 0.3 is 0 Å². The standard InChI is InChI=1S/C20H25NO5S/c1-20(23,14-16-8-10-17(26-2)11-9-16)15-21-19(22)12-13-27(24,25)18-6-4-3-5-7-18/h3-11,23H,12-15H2,1-2H3,(H,21,22)/t20-/m1/s1. The fourth-order valence-corrected chi connectivity index (χ4v) is 3.86. The van der Waals surface area contributed by atoms with Crippen molar-refractivity contribution in [3.8, 4) is 5.75 Å². The van der Waals surface area contributed by atoms with Crippen LogP contribution in [0, 0.1) is 0 Å². The molecule has 0 aliphatic carbocycles. The van der Waals surface area contributed by atoms with Crippen molar-refractivity contribution in [2.24, 2.45) is 0 Å². The number of methoxy groups -OCH3 is 1. The summed E-state index contributed by atoms with van der Waals surface area (Å²) in [4.78, 5) is 12.2. The van der Waals surface area contributed by atoms with Gasteiger partial charge in [-0.15, -0.1) is 0 Å². The van der Waals surface area contributed by atoms with Gasteiger partial charge in [-0.25, -0.2) is 8.42 Å². The normalized spacial score (nSPS) is 13.6. The lowest BCUT2D eigenvalue weighted by molar-refractivity contribution is -0.121. The minimum Gasteiger partial charge on any atom is -0.497 e. The minimum atomic E-state index is -3.50. The summed E-state index contributed by atoms with van der Waals surface area (Å²) < 4.78 is 29.5. The largest absolute Gasteiger partial charge is 0.497 e. The van der Waals surface area contributed by atoms with Gasteiger partial charge in [0.2, 0.25) is 5.91 Å². The van der Waals surface area contributed by atoms with E-state index in [1.807, 2.05) is 12.1 Å². The fraction of sp³-hybridized carbons (Fsp3) is 0.350. The molecule has 0 bridgehead atoms. The summed E-state index contributed by atoms with van der Waals surface area (Å²) in [5.74, 6) is 0.0413. The second-order valence-corrected chi connectivity index (χ2v) is 8.79. The van der Waals surface area contributed by atoms with E-state index in [0.717, 1.165) is 11.3 Å². The monoisotopic (exact) mass is 391 g/mol. The number of hydrogen-bond donors (Lipinski definition) is 2. The molecule has 146 valence electrons. The maximum Gasteiger partial charge on any atom is 0.221 e. The van der Waals surface area contributed by atoms with Crippen LogP contribution >= 0.6 is 0 Å². The van der Waals surface area contributed by atoms with E-state index in [-0.39, 0.29) is 23.6 Å². The van der Waals surface area contributed by atoms with Gasteiger partial charge in [0.1, 0.15) is 5.75 Å². The smallest absolute Gasteiger partial charge is 0.221 e. The zero-order valence-corrected chi connectivity index (χ0v) is 16.3. The van der Waals surface area contributed by atoms with Crippen molar-refractivity contribution in [2.45, 2.75) is 30.3 Å². The van der Waals surface area contributed by atoms with E-state index in [9.17, 15) is 18.3 Å². The summed E-state index contributed by atoms with van der Waals surface area (Å²) in [7, 11) is -1.92. The first kappa shape index (κ1) is 20.9. The van der Waals surface area contributed by atoms with Crippen LogP contribution in [0.2, 0.25) is 0 Å². The van der Waals surface area contributed by atoms with Gasteiger partial charge < -0.3 is 15.2 Å². The number of carbonyl (C=O) groups excluding carboxylic acids is 1. The molecule has 1 atom stereocenters. The summed E-state index contributed by atoms with van der Waals surface area (Å²) in [6.45, 7) is 1.65. The van der Waals surface area contributed by atoms with Crippen LogP contribution in [0.15, 0.2) is 59.5 Å². The molecule has 0 spiro atoms. The summed E-state index contributed by atoms with van der Waals surface area (Å²) >= 11 is 0. The van der Waals surface area contributed by atoms with Gasteiger partial charge in [0, 0.05) is 19.4 Å². The lowest BCUT2D eigenvalue weighted by Gasteiger charge is -2.24. The molecule has 2 N–H and O–H groups in total. The third-order valence-corrected chi connectivity index (χ3v) is 5.84. The minimum absolute atomic E-state index is 0.0310. The van der Waals surface area contributed by atoms with Crippen LogP contribution in [0.25, 0.3) is 0 Å². The predicted octanol–water partition coefficient (Wildman–Crippen LogP) is 1.97. The quantitative estimate of drug-likeness (QED) is 0.682. The fourth-order valence-electron chi connectivity index (χ4n) is 2.60. The maximum absolute atomic E-state index is 12.2. The van der Waals surface area contributed by atoms with Crippen molar-refractivity contribution in [1.82, 2.24) is 5.32 Å². The highest BCUT2D eigenvalue weighted by atomic mass is 32.2. The molecule has 0 fully saturated rings. The summed E-state index contributed by atoms with van der Waals surface area (Å²) in [5, 5.41) is 13.1. The molecule has 2 aromatic rings. The SMILES string of the molecule is COc1ccc(C[C@@](C)(O)CNC(=O)CCS(=O)(=O)c2ccccc2)cc1. The molecule has 0 radical (unpaired) electrons. The Kier molecular flexibility index (Phi) is 6.98. The van der Waals surface area contributed by atoms with Gasteiger partial charge in [-0.3, -0.25) is 4.79 Å². The number of benzene rings is 2. The average molecular weight is 391 g/mol. The van der Waals surface area contributed by atoms with E-state index in [4.69, 9.17) is 4.74 Å². The number of hydrogen-bond acceptors (Lipinski definition) is 5. The van der Waals surface area contributed by atoms with Gasteiger partial charge in [-0.1, -0.05) is 30.3 Å². The first-order chi connectivity index (χ1) is 12.7. The Morgan fingerprint density at radius 3 is 2.33 bits per heavy atom. The molecule has 7 heteroatoms. The second kappa shape index (κ2) is 9.01. The van der Waals surface area contributed by atoms with Crippen molar-refractivity contribution in [3.63, 3.8) is 0 Å². The third kappa shape index (κ3) is 6.69. The Morgan fingerprint density at radius 1 is 1.11 bits per heavy atom. The van der Waals surface area contributed by atoms with E-state index < -0.39 is 21.3 Å². The second-order valence-electron chi connectivity index (χ2n) is 6.68. The Labute approximate surface area is 160 Å². The summed E-state index contributed by atoms with van der Waals surface area (Å²) in [6, 6.07) is 15.3. The number of aliphatic hydroxyl groups is 1. The molecule has 0 aliphatic rings. The van der Waals surface area contributed by atoms with Crippen LogP contribution in [0.1, 0.15) is 18.9 Å². The Morgan fingerprint density at radius 2 is 1.74 bits per heavy atom. The topological polar surface area (TPSA) is 92.7 Å². The molecule has 27 heavy (non-hydrogen) atoms. The lowest BCUT2D eigenvalue weighted by atomic mass is 9.96. The number of ether oxygens (including phenoxy) is 1. The number of nitrogens with one attached hydrogen (secondary N) is 1. The molecule has 2 rings (SSSR count). The molecular weight excluding hydrogens is 366 g/mol. The highest BCUT2D eigenvalue weighted by molar-refractivity contribution is 7.91. The van der Waals surface area contributed by atoms with Crippen LogP contribution in [0.4, 0.5) is 0 Å². The lowest BCUT2D eigenvalue weighted by Crippen LogP contribution is -2.42. The molecule has 0 saturated carbocycles. The van der Waals surface area contributed by atoms with Crippen LogP contribution < -0.4 is 10.1 Å². The van der Waals surface area contributed by atoms with Crippen LogP contribution in [-0.2, 0) is 21.1 Å². The van der Waals surface area contributed by atoms with Gasteiger partial charge in [0.05, 0.1) is 23.4 Å². The van der Waals surface area contributed by atoms with Crippen molar-refractivity contribution in [1.29, 1.82) is 0 Å². The van der Waals surface area contributed by atoms with E-state index in [2.05, 4.69) is 5.32 Å². The van der Waals surface area contributed by atoms with Crippen LogP contribution in [-0.4, -0.2) is 44.4 Å². The van der Waals surface area contributed by atoms with Crippen LogP contribution in [0.5, 0.6) is 5.75 Å². The van der Waals surface area contributed by atoms with Crippen LogP contribution in [0.3, 0.4) is 0 Å². The molecule has 1 amide bonds. The van der Waals surface area contributed by atoms with Crippen molar-refractivity contribution in [3.05, 3.63) is 60.2 Å². The Hall–Kier alpha value is -2.38. The highest BCUT2D eigenvalue weighted by Crippen LogP contribution is 2.17.